The highest BCUT2D eigenvalue weighted by Crippen LogP contribution is 2.53. The first-order valence-electron chi connectivity index (χ1n) is 5.14. The van der Waals surface area contributed by atoms with Gasteiger partial charge in [-0.3, -0.25) is 0 Å². The lowest BCUT2D eigenvalue weighted by molar-refractivity contribution is 0.284. The summed E-state index contributed by atoms with van der Waals surface area (Å²) in [6, 6.07) is 0.0874. The van der Waals surface area contributed by atoms with Crippen molar-refractivity contribution in [3.63, 3.8) is 0 Å². The van der Waals surface area contributed by atoms with E-state index in [0.717, 1.165) is 25.7 Å². The van der Waals surface area contributed by atoms with Crippen LogP contribution in [-0.2, 0) is 10.0 Å². The molecule has 0 aliphatic heterocycles. The number of hydrogen-bond donors (Lipinski definition) is 2. The Labute approximate surface area is 85.3 Å². The summed E-state index contributed by atoms with van der Waals surface area (Å²) < 4.78 is 25.4. The molecule has 5 heteroatoms. The molecule has 14 heavy (non-hydrogen) atoms. The van der Waals surface area contributed by atoms with E-state index in [1.807, 2.05) is 0 Å². The second-order valence-electron chi connectivity index (χ2n) is 4.78. The lowest BCUT2D eigenvalue weighted by Crippen LogP contribution is -2.44. The zero-order valence-corrected chi connectivity index (χ0v) is 9.31. The summed E-state index contributed by atoms with van der Waals surface area (Å²) in [5.41, 5.74) is 5.91. The van der Waals surface area contributed by atoms with Gasteiger partial charge in [-0.25, -0.2) is 13.1 Å². The molecule has 2 aliphatic rings. The highest BCUT2D eigenvalue weighted by atomic mass is 32.2. The van der Waals surface area contributed by atoms with E-state index in [0.29, 0.717) is 5.92 Å². The van der Waals surface area contributed by atoms with Gasteiger partial charge in [-0.05, 0) is 38.6 Å². The number of nitrogens with two attached hydrogens (primary N) is 1. The van der Waals surface area contributed by atoms with Gasteiger partial charge >= 0.3 is 0 Å². The van der Waals surface area contributed by atoms with Crippen LogP contribution in [0.4, 0.5) is 0 Å². The molecule has 0 saturated heterocycles. The van der Waals surface area contributed by atoms with Crippen LogP contribution in [0.5, 0.6) is 0 Å². The molecular formula is C9H18N2O2S. The molecule has 0 aromatic rings. The van der Waals surface area contributed by atoms with E-state index in [1.165, 1.54) is 7.05 Å². The zero-order valence-electron chi connectivity index (χ0n) is 8.49. The van der Waals surface area contributed by atoms with Gasteiger partial charge in [0.2, 0.25) is 10.0 Å². The zero-order chi connectivity index (χ0) is 10.4. The molecule has 2 aliphatic carbocycles. The summed E-state index contributed by atoms with van der Waals surface area (Å²) in [6.07, 6.45) is 4.17. The molecule has 0 heterocycles. The smallest absolute Gasteiger partial charge is 0.211 e. The number of fused-ring (bicyclic) bond motifs is 2. The number of hydrogen-bond acceptors (Lipinski definition) is 3. The fourth-order valence-corrected chi connectivity index (χ4v) is 4.48. The van der Waals surface area contributed by atoms with Gasteiger partial charge in [0.15, 0.2) is 0 Å². The minimum atomic E-state index is -3.11. The van der Waals surface area contributed by atoms with Crippen molar-refractivity contribution in [1.82, 2.24) is 4.72 Å². The fraction of sp³-hybridized carbons (Fsp3) is 1.00. The first kappa shape index (κ1) is 10.4. The predicted molar refractivity (Wildman–Crippen MR) is 55.2 cm³/mol. The molecule has 2 saturated carbocycles. The highest BCUT2D eigenvalue weighted by molar-refractivity contribution is 7.89. The summed E-state index contributed by atoms with van der Waals surface area (Å²) in [5.74, 6) is 0.894. The number of nitrogens with one attached hydrogen (secondary N) is 1. The van der Waals surface area contributed by atoms with Crippen LogP contribution >= 0.6 is 0 Å². The average Bonchev–Trinajstić information content (AvgIpc) is 2.60. The van der Waals surface area contributed by atoms with Crippen molar-refractivity contribution in [2.75, 3.05) is 12.8 Å². The van der Waals surface area contributed by atoms with Crippen molar-refractivity contribution in [3.05, 3.63) is 0 Å². The maximum atomic E-state index is 11.5. The van der Waals surface area contributed by atoms with Crippen molar-refractivity contribution < 1.29 is 8.42 Å². The number of sulfonamides is 1. The predicted octanol–water partition coefficient (Wildman–Crippen LogP) is 0.0531. The van der Waals surface area contributed by atoms with Gasteiger partial charge < -0.3 is 5.73 Å². The van der Waals surface area contributed by atoms with Gasteiger partial charge in [0.1, 0.15) is 0 Å². The second kappa shape index (κ2) is 3.18. The molecule has 82 valence electrons. The third-order valence-electron chi connectivity index (χ3n) is 3.91. The second-order valence-corrected chi connectivity index (χ2v) is 6.70. The normalized spacial score (nSPS) is 41.9. The molecule has 0 amide bonds. The Balaban J connectivity index is 2.17. The molecule has 0 radical (unpaired) electrons. The van der Waals surface area contributed by atoms with Crippen LogP contribution in [0.3, 0.4) is 0 Å². The van der Waals surface area contributed by atoms with Crippen LogP contribution in [0.15, 0.2) is 0 Å². The van der Waals surface area contributed by atoms with Crippen LogP contribution in [-0.4, -0.2) is 27.3 Å². The first-order valence-corrected chi connectivity index (χ1v) is 6.79. The lowest BCUT2D eigenvalue weighted by Gasteiger charge is -2.31. The molecule has 2 fully saturated rings. The van der Waals surface area contributed by atoms with Crippen LogP contribution in [0.2, 0.25) is 0 Å². The Hall–Kier alpha value is -0.130. The van der Waals surface area contributed by atoms with Crippen molar-refractivity contribution in [3.8, 4) is 0 Å². The molecule has 4 nitrogen and oxygen atoms in total. The molecule has 3 N–H and O–H groups in total. The van der Waals surface area contributed by atoms with Crippen molar-refractivity contribution in [2.45, 2.75) is 31.7 Å². The molecule has 3 unspecified atom stereocenters. The Morgan fingerprint density at radius 3 is 2.71 bits per heavy atom. The minimum absolute atomic E-state index is 0.0874. The van der Waals surface area contributed by atoms with Gasteiger partial charge in [0.05, 0.1) is 5.75 Å². The molecule has 0 aromatic heterocycles. The van der Waals surface area contributed by atoms with E-state index in [4.69, 9.17) is 5.73 Å². The van der Waals surface area contributed by atoms with E-state index in [1.54, 1.807) is 0 Å². The molecule has 0 aromatic carbocycles. The number of rotatable bonds is 3. The Kier molecular flexibility index (Phi) is 2.36. The molecule has 2 bridgehead atoms. The Bertz CT molecular complexity index is 328. The summed E-state index contributed by atoms with van der Waals surface area (Å²) in [4.78, 5) is 0. The van der Waals surface area contributed by atoms with E-state index in [2.05, 4.69) is 4.72 Å². The van der Waals surface area contributed by atoms with E-state index >= 15 is 0 Å². The highest BCUT2D eigenvalue weighted by Gasteiger charge is 2.52. The van der Waals surface area contributed by atoms with Crippen molar-refractivity contribution in [1.29, 1.82) is 0 Å². The topological polar surface area (TPSA) is 72.2 Å². The molecular weight excluding hydrogens is 200 g/mol. The van der Waals surface area contributed by atoms with Crippen LogP contribution < -0.4 is 10.5 Å². The van der Waals surface area contributed by atoms with Gasteiger partial charge in [-0.1, -0.05) is 0 Å². The summed E-state index contributed by atoms with van der Waals surface area (Å²) >= 11 is 0. The summed E-state index contributed by atoms with van der Waals surface area (Å²) in [5, 5.41) is 0. The Morgan fingerprint density at radius 1 is 1.57 bits per heavy atom. The standard InChI is InChI=1S/C9H18N2O2S/c1-11-14(12,13)6-9-3-2-7(5-9)4-8(9)10/h7-8,11H,2-6,10H2,1H3. The largest absolute Gasteiger partial charge is 0.327 e. The Morgan fingerprint density at radius 2 is 2.29 bits per heavy atom. The third-order valence-corrected chi connectivity index (χ3v) is 5.48. The summed E-state index contributed by atoms with van der Waals surface area (Å²) in [6.45, 7) is 0. The van der Waals surface area contributed by atoms with Crippen molar-refractivity contribution in [2.24, 2.45) is 17.1 Å². The first-order chi connectivity index (χ1) is 6.47. The molecule has 0 spiro atoms. The van der Waals surface area contributed by atoms with Gasteiger partial charge in [0.25, 0.3) is 0 Å². The van der Waals surface area contributed by atoms with Gasteiger partial charge in [-0.2, -0.15) is 0 Å². The monoisotopic (exact) mass is 218 g/mol. The molecule has 3 atom stereocenters. The van der Waals surface area contributed by atoms with Crippen LogP contribution in [0, 0.1) is 11.3 Å². The van der Waals surface area contributed by atoms with Crippen LogP contribution in [0.25, 0.3) is 0 Å². The SMILES string of the molecule is CNS(=O)(=O)CC12CCC(CC1N)C2. The van der Waals surface area contributed by atoms with E-state index in [-0.39, 0.29) is 17.2 Å². The summed E-state index contributed by atoms with van der Waals surface area (Å²) in [7, 11) is -1.64. The van der Waals surface area contributed by atoms with E-state index in [9.17, 15) is 8.42 Å². The minimum Gasteiger partial charge on any atom is -0.327 e. The fourth-order valence-electron chi connectivity index (χ4n) is 3.11. The average molecular weight is 218 g/mol. The van der Waals surface area contributed by atoms with Gasteiger partial charge in [0, 0.05) is 11.5 Å². The van der Waals surface area contributed by atoms with E-state index < -0.39 is 10.0 Å². The maximum absolute atomic E-state index is 11.5. The molecule has 2 rings (SSSR count). The van der Waals surface area contributed by atoms with Crippen LogP contribution in [0.1, 0.15) is 25.7 Å². The maximum Gasteiger partial charge on any atom is 0.211 e. The lowest BCUT2D eigenvalue weighted by atomic mass is 9.82. The van der Waals surface area contributed by atoms with Crippen molar-refractivity contribution >= 4 is 10.0 Å². The quantitative estimate of drug-likeness (QED) is 0.703. The third kappa shape index (κ3) is 1.57. The van der Waals surface area contributed by atoms with Gasteiger partial charge in [-0.15, -0.1) is 0 Å².